The zero-order valence-electron chi connectivity index (χ0n) is 14.3. The Morgan fingerprint density at radius 2 is 1.81 bits per heavy atom. The third kappa shape index (κ3) is 4.88. The Labute approximate surface area is 155 Å². The van der Waals surface area contributed by atoms with Gasteiger partial charge < -0.3 is 15.2 Å². The minimum atomic E-state index is -1.12. The molecule has 0 radical (unpaired) electrons. The fourth-order valence-corrected chi connectivity index (χ4v) is 2.39. The maximum absolute atomic E-state index is 11.8. The Morgan fingerprint density at radius 3 is 2.52 bits per heavy atom. The molecule has 27 heavy (non-hydrogen) atoms. The van der Waals surface area contributed by atoms with Gasteiger partial charge in [-0.05, 0) is 23.8 Å². The molecule has 7 heteroatoms. The van der Waals surface area contributed by atoms with E-state index in [1.54, 1.807) is 18.3 Å². The van der Waals surface area contributed by atoms with Gasteiger partial charge in [0.1, 0.15) is 18.8 Å². The molecule has 1 amide bonds. The highest BCUT2D eigenvalue weighted by molar-refractivity contribution is 5.94. The summed E-state index contributed by atoms with van der Waals surface area (Å²) in [7, 11) is 0. The highest BCUT2D eigenvalue weighted by atomic mass is 16.5. The molecule has 0 aliphatic carbocycles. The lowest BCUT2D eigenvalue weighted by Crippen LogP contribution is -2.29. The third-order valence-corrected chi connectivity index (χ3v) is 3.70. The van der Waals surface area contributed by atoms with Crippen molar-refractivity contribution in [2.75, 3.05) is 6.54 Å². The summed E-state index contributed by atoms with van der Waals surface area (Å²) in [5, 5.41) is 10.9. The lowest BCUT2D eigenvalue weighted by molar-refractivity contribution is -0.135. The van der Waals surface area contributed by atoms with Crippen molar-refractivity contribution >= 4 is 11.9 Å². The van der Waals surface area contributed by atoms with Crippen molar-refractivity contribution in [3.8, 4) is 17.0 Å². The molecule has 3 aromatic rings. The number of aromatic nitrogens is 2. The number of carboxylic acid groups (broad SMARTS) is 1. The first-order valence-corrected chi connectivity index (χ1v) is 8.21. The van der Waals surface area contributed by atoms with Crippen LogP contribution in [-0.4, -0.2) is 33.5 Å². The predicted octanol–water partition coefficient (Wildman–Crippen LogP) is 2.54. The maximum Gasteiger partial charge on any atom is 0.322 e. The largest absolute Gasteiger partial charge is 0.480 e. The number of carbonyl (C=O) groups excluding carboxylic acids is 1. The van der Waals surface area contributed by atoms with Crippen molar-refractivity contribution in [1.29, 1.82) is 0 Å². The number of amides is 1. The van der Waals surface area contributed by atoms with Crippen LogP contribution in [0.5, 0.6) is 5.88 Å². The molecule has 0 bridgehead atoms. The normalized spacial score (nSPS) is 10.2. The van der Waals surface area contributed by atoms with Crippen molar-refractivity contribution < 1.29 is 19.4 Å². The van der Waals surface area contributed by atoms with Crippen LogP contribution in [0, 0.1) is 0 Å². The molecule has 0 saturated heterocycles. The maximum atomic E-state index is 11.8. The second kappa shape index (κ2) is 8.57. The number of hydrogen-bond acceptors (Lipinski definition) is 5. The number of pyridine rings is 2. The van der Waals surface area contributed by atoms with Crippen LogP contribution in [0.15, 0.2) is 67.0 Å². The highest BCUT2D eigenvalue weighted by Gasteiger charge is 2.12. The van der Waals surface area contributed by atoms with E-state index in [1.165, 1.54) is 12.3 Å². The Bertz CT molecular complexity index is 927. The van der Waals surface area contributed by atoms with Gasteiger partial charge in [-0.25, -0.2) is 4.98 Å². The molecule has 7 nitrogen and oxygen atoms in total. The van der Waals surface area contributed by atoms with Gasteiger partial charge in [0.15, 0.2) is 0 Å². The van der Waals surface area contributed by atoms with Gasteiger partial charge in [0.2, 0.25) is 5.88 Å². The van der Waals surface area contributed by atoms with Crippen molar-refractivity contribution in [3.63, 3.8) is 0 Å². The van der Waals surface area contributed by atoms with E-state index >= 15 is 0 Å². The lowest BCUT2D eigenvalue weighted by Gasteiger charge is -2.10. The zero-order valence-corrected chi connectivity index (χ0v) is 14.3. The summed E-state index contributed by atoms with van der Waals surface area (Å²) in [5.74, 6) is -1.20. The number of aliphatic carboxylic acids is 1. The number of carbonyl (C=O) groups is 2. The minimum Gasteiger partial charge on any atom is -0.480 e. The summed E-state index contributed by atoms with van der Waals surface area (Å²) in [6.07, 6.45) is 3.17. The summed E-state index contributed by atoms with van der Waals surface area (Å²) in [6, 6.07) is 16.6. The molecule has 0 aliphatic rings. The number of hydrogen-bond donors (Lipinski definition) is 2. The van der Waals surface area contributed by atoms with Crippen LogP contribution in [-0.2, 0) is 11.4 Å². The molecular weight excluding hydrogens is 346 g/mol. The molecule has 0 aliphatic heterocycles. The van der Waals surface area contributed by atoms with Gasteiger partial charge in [-0.1, -0.05) is 36.4 Å². The zero-order chi connectivity index (χ0) is 19.1. The first-order chi connectivity index (χ1) is 13.1. The van der Waals surface area contributed by atoms with Gasteiger partial charge in [0, 0.05) is 23.5 Å². The van der Waals surface area contributed by atoms with E-state index < -0.39 is 18.4 Å². The molecule has 2 N–H and O–H groups in total. The average molecular weight is 363 g/mol. The van der Waals surface area contributed by atoms with Crippen LogP contribution in [0.3, 0.4) is 0 Å². The van der Waals surface area contributed by atoms with E-state index in [0.717, 1.165) is 16.7 Å². The van der Waals surface area contributed by atoms with Crippen molar-refractivity contribution in [2.45, 2.75) is 6.61 Å². The second-order valence-corrected chi connectivity index (χ2v) is 5.64. The molecule has 3 rings (SSSR count). The smallest absolute Gasteiger partial charge is 0.322 e. The molecular formula is C20H17N3O4. The van der Waals surface area contributed by atoms with Crippen molar-refractivity contribution in [3.05, 3.63) is 78.2 Å². The molecule has 2 heterocycles. The van der Waals surface area contributed by atoms with Crippen LogP contribution in [0.2, 0.25) is 0 Å². The molecule has 0 unspecified atom stereocenters. The summed E-state index contributed by atoms with van der Waals surface area (Å²) >= 11 is 0. The minimum absolute atomic E-state index is 0.135. The van der Waals surface area contributed by atoms with Crippen LogP contribution in [0.1, 0.15) is 16.1 Å². The van der Waals surface area contributed by atoms with Crippen LogP contribution < -0.4 is 10.1 Å². The number of benzene rings is 1. The first-order valence-electron chi connectivity index (χ1n) is 8.21. The summed E-state index contributed by atoms with van der Waals surface area (Å²) < 4.78 is 5.84. The molecule has 0 saturated carbocycles. The predicted molar refractivity (Wildman–Crippen MR) is 98.2 cm³/mol. The van der Waals surface area contributed by atoms with E-state index in [-0.39, 0.29) is 5.69 Å². The van der Waals surface area contributed by atoms with E-state index in [1.807, 2.05) is 36.4 Å². The van der Waals surface area contributed by atoms with Crippen LogP contribution in [0.25, 0.3) is 11.1 Å². The molecule has 136 valence electrons. The van der Waals surface area contributed by atoms with Crippen molar-refractivity contribution in [1.82, 2.24) is 15.3 Å². The Balaban J connectivity index is 1.74. The van der Waals surface area contributed by atoms with E-state index in [0.29, 0.717) is 12.5 Å². The van der Waals surface area contributed by atoms with Gasteiger partial charge in [0.05, 0.1) is 0 Å². The number of nitrogens with one attached hydrogen (secondary N) is 1. The molecule has 1 aromatic carbocycles. The number of nitrogens with zero attached hydrogens (tertiary/aromatic N) is 2. The Hall–Kier alpha value is -3.74. The van der Waals surface area contributed by atoms with Gasteiger partial charge in [0.25, 0.3) is 5.91 Å². The molecule has 2 aromatic heterocycles. The summed E-state index contributed by atoms with van der Waals surface area (Å²) in [5.41, 5.74) is 2.65. The summed E-state index contributed by atoms with van der Waals surface area (Å²) in [6.45, 7) is -0.0731. The van der Waals surface area contributed by atoms with Crippen LogP contribution >= 0.6 is 0 Å². The highest BCUT2D eigenvalue weighted by Crippen LogP contribution is 2.27. The van der Waals surface area contributed by atoms with Gasteiger partial charge in [-0.3, -0.25) is 14.6 Å². The third-order valence-electron chi connectivity index (χ3n) is 3.70. The molecule has 0 fully saturated rings. The standard InChI is InChI=1S/C20H17N3O4/c24-18(25)12-23-19(26)17-9-8-15(11-22-17)16-7-4-10-21-20(16)27-13-14-5-2-1-3-6-14/h1-11H,12-13H2,(H,23,26)(H,24,25). The van der Waals surface area contributed by atoms with E-state index in [9.17, 15) is 9.59 Å². The fourth-order valence-electron chi connectivity index (χ4n) is 2.39. The van der Waals surface area contributed by atoms with E-state index in [4.69, 9.17) is 9.84 Å². The van der Waals surface area contributed by atoms with Gasteiger partial charge >= 0.3 is 5.97 Å². The number of carboxylic acids is 1. The molecule has 0 atom stereocenters. The van der Waals surface area contributed by atoms with Crippen LogP contribution in [0.4, 0.5) is 0 Å². The lowest BCUT2D eigenvalue weighted by atomic mass is 10.1. The topological polar surface area (TPSA) is 101 Å². The SMILES string of the molecule is O=C(O)CNC(=O)c1ccc(-c2cccnc2OCc2ccccc2)cn1. The Kier molecular flexibility index (Phi) is 5.73. The van der Waals surface area contributed by atoms with Gasteiger partial charge in [-0.2, -0.15) is 0 Å². The van der Waals surface area contributed by atoms with Crippen molar-refractivity contribution in [2.24, 2.45) is 0 Å². The number of rotatable bonds is 7. The first kappa shape index (κ1) is 18.1. The average Bonchev–Trinajstić information content (AvgIpc) is 2.71. The monoisotopic (exact) mass is 363 g/mol. The summed E-state index contributed by atoms with van der Waals surface area (Å²) in [4.78, 5) is 30.8. The van der Waals surface area contributed by atoms with E-state index in [2.05, 4.69) is 15.3 Å². The van der Waals surface area contributed by atoms with Gasteiger partial charge in [-0.15, -0.1) is 0 Å². The fraction of sp³-hybridized carbons (Fsp3) is 0.100. The molecule has 0 spiro atoms. The Morgan fingerprint density at radius 1 is 1.00 bits per heavy atom. The number of ether oxygens (including phenoxy) is 1. The second-order valence-electron chi connectivity index (χ2n) is 5.64. The quantitative estimate of drug-likeness (QED) is 0.669.